The van der Waals surface area contributed by atoms with E-state index >= 15 is 8.78 Å². The Labute approximate surface area is 253 Å². The Morgan fingerprint density at radius 3 is 2.59 bits per heavy atom. The van der Waals surface area contributed by atoms with E-state index in [1.807, 2.05) is 24.3 Å². The van der Waals surface area contributed by atoms with Crippen LogP contribution in [0.3, 0.4) is 0 Å². The predicted molar refractivity (Wildman–Crippen MR) is 162 cm³/mol. The molecule has 1 aliphatic heterocycles. The van der Waals surface area contributed by atoms with Crippen LogP contribution in [0, 0.1) is 18.6 Å². The first-order valence-electron chi connectivity index (χ1n) is 13.7. The molecule has 0 amide bonds. The second kappa shape index (κ2) is 11.6. The Kier molecular flexibility index (Phi) is 7.83. The number of ether oxygens (including phenoxy) is 1. The largest absolute Gasteiger partial charge is 0.494 e. The molecule has 226 valence electrons. The molecule has 0 saturated heterocycles. The summed E-state index contributed by atoms with van der Waals surface area (Å²) in [5, 5.41) is 5.69. The summed E-state index contributed by atoms with van der Waals surface area (Å²) in [4.78, 5) is 18.4. The minimum Gasteiger partial charge on any atom is -0.494 e. The molecule has 0 bridgehead atoms. The van der Waals surface area contributed by atoms with Crippen molar-refractivity contribution in [3.8, 4) is 16.9 Å². The molecule has 0 aliphatic carbocycles. The van der Waals surface area contributed by atoms with Gasteiger partial charge < -0.3 is 10.1 Å². The zero-order valence-electron chi connectivity index (χ0n) is 23.6. The van der Waals surface area contributed by atoms with E-state index in [1.54, 1.807) is 19.3 Å². The normalized spacial score (nSPS) is 14.6. The molecule has 5 nitrogen and oxygen atoms in total. The van der Waals surface area contributed by atoms with Gasteiger partial charge in [-0.15, -0.1) is 11.8 Å². The number of hydrogen-bond acceptors (Lipinski definition) is 5. The number of nitrogens with one attached hydrogen (secondary N) is 1. The fourth-order valence-corrected chi connectivity index (χ4v) is 7.17. The smallest absolute Gasteiger partial charge is 0.416 e. The summed E-state index contributed by atoms with van der Waals surface area (Å²) < 4.78 is 79.3. The highest BCUT2D eigenvalue weighted by Gasteiger charge is 2.37. The number of hydrogen-bond donors (Lipinski definition) is 1. The second-order valence-corrected chi connectivity index (χ2v) is 11.5. The zero-order chi connectivity index (χ0) is 31.2. The van der Waals surface area contributed by atoms with Crippen molar-refractivity contribution in [1.29, 1.82) is 0 Å². The minimum absolute atomic E-state index is 0.00749. The van der Waals surface area contributed by atoms with Crippen LogP contribution in [0.1, 0.15) is 28.3 Å². The van der Waals surface area contributed by atoms with Gasteiger partial charge in [0.1, 0.15) is 5.82 Å². The Hall–Kier alpha value is -4.38. The Morgan fingerprint density at radius 2 is 1.82 bits per heavy atom. The molecule has 11 heteroatoms. The predicted octanol–water partition coefficient (Wildman–Crippen LogP) is 8.03. The molecule has 3 aromatic carbocycles. The monoisotopic (exact) mass is 623 g/mol. The molecule has 0 radical (unpaired) electrons. The summed E-state index contributed by atoms with van der Waals surface area (Å²) in [6, 6.07) is 14.4. The zero-order valence-corrected chi connectivity index (χ0v) is 24.5. The average Bonchev–Trinajstić information content (AvgIpc) is 3.43. The summed E-state index contributed by atoms with van der Waals surface area (Å²) >= 11 is 1.31. The quantitative estimate of drug-likeness (QED) is 0.186. The molecule has 1 atom stereocenters. The van der Waals surface area contributed by atoms with Gasteiger partial charge in [0.2, 0.25) is 0 Å². The van der Waals surface area contributed by atoms with Crippen LogP contribution >= 0.6 is 11.8 Å². The van der Waals surface area contributed by atoms with Crippen molar-refractivity contribution in [1.82, 2.24) is 9.55 Å². The number of anilines is 1. The lowest BCUT2D eigenvalue weighted by Crippen LogP contribution is -2.31. The molecular formula is C33H26F5N3O2S. The number of thioether (sulfide) groups is 1. The topological polar surface area (TPSA) is 56.1 Å². The van der Waals surface area contributed by atoms with Gasteiger partial charge in [0, 0.05) is 53.3 Å². The summed E-state index contributed by atoms with van der Waals surface area (Å²) in [7, 11) is 1.30. The Morgan fingerprint density at radius 1 is 1.05 bits per heavy atom. The van der Waals surface area contributed by atoms with Crippen molar-refractivity contribution in [2.45, 2.75) is 30.6 Å². The maximum absolute atomic E-state index is 15.6. The number of fused-ring (bicyclic) bond motifs is 2. The van der Waals surface area contributed by atoms with Crippen molar-refractivity contribution in [3.05, 3.63) is 117 Å². The third-order valence-corrected chi connectivity index (χ3v) is 9.22. The standard InChI is InChI=1S/C33H26F5N3O2S/c1-18-22(14-23-25(33(36,37)38)8-5-9-26(23)34)32-41(31(42)29(18)21-7-4-11-28(43-2)30(21)35)20(17-44-32)15-40-27-10-3-6-19-12-13-39-16-24(19)27/h3-13,16,20,40H,14-15,17H2,1-2H3. The molecule has 0 spiro atoms. The third-order valence-electron chi connectivity index (χ3n) is 7.96. The molecule has 1 N–H and O–H groups in total. The maximum atomic E-state index is 15.6. The molecule has 3 heterocycles. The molecular weight excluding hydrogens is 597 g/mol. The van der Waals surface area contributed by atoms with Gasteiger partial charge in [0.25, 0.3) is 5.56 Å². The van der Waals surface area contributed by atoms with E-state index in [0.717, 1.165) is 34.7 Å². The average molecular weight is 624 g/mol. The van der Waals surface area contributed by atoms with E-state index in [4.69, 9.17) is 4.74 Å². The highest BCUT2D eigenvalue weighted by molar-refractivity contribution is 7.99. The summed E-state index contributed by atoms with van der Waals surface area (Å²) in [6.45, 7) is 1.86. The number of rotatable bonds is 7. The number of alkyl halides is 3. The minimum atomic E-state index is -4.80. The van der Waals surface area contributed by atoms with E-state index in [0.29, 0.717) is 22.9 Å². The van der Waals surface area contributed by atoms with Crippen LogP contribution in [-0.2, 0) is 12.6 Å². The Balaban J connectivity index is 1.51. The van der Waals surface area contributed by atoms with E-state index in [1.165, 1.54) is 41.6 Å². The van der Waals surface area contributed by atoms with Crippen LogP contribution in [0.4, 0.5) is 27.6 Å². The number of pyridine rings is 2. The molecule has 44 heavy (non-hydrogen) atoms. The van der Waals surface area contributed by atoms with Crippen LogP contribution in [0.5, 0.6) is 5.75 Å². The van der Waals surface area contributed by atoms with Gasteiger partial charge in [-0.3, -0.25) is 14.3 Å². The van der Waals surface area contributed by atoms with E-state index in [2.05, 4.69) is 10.3 Å². The number of nitrogens with zero attached hydrogens (tertiary/aromatic N) is 2. The maximum Gasteiger partial charge on any atom is 0.416 e. The molecule has 6 rings (SSSR count). The second-order valence-electron chi connectivity index (χ2n) is 10.5. The summed E-state index contributed by atoms with van der Waals surface area (Å²) in [6.07, 6.45) is -1.81. The first-order valence-corrected chi connectivity index (χ1v) is 14.7. The van der Waals surface area contributed by atoms with Gasteiger partial charge in [0.05, 0.1) is 29.3 Å². The van der Waals surface area contributed by atoms with Gasteiger partial charge in [-0.2, -0.15) is 13.2 Å². The number of halogens is 5. The lowest BCUT2D eigenvalue weighted by Gasteiger charge is -2.22. The fourth-order valence-electron chi connectivity index (χ4n) is 5.78. The van der Waals surface area contributed by atoms with Crippen LogP contribution in [0.25, 0.3) is 21.9 Å². The lowest BCUT2D eigenvalue weighted by molar-refractivity contribution is -0.138. The SMILES string of the molecule is COc1cccc(-c2c(C)c(Cc3c(F)cccc3C(F)(F)F)c3n(c2=O)C(CNc2cccc4ccncc24)CS3)c1F. The van der Waals surface area contributed by atoms with Gasteiger partial charge in [-0.1, -0.05) is 30.3 Å². The van der Waals surface area contributed by atoms with Gasteiger partial charge >= 0.3 is 6.18 Å². The highest BCUT2D eigenvalue weighted by atomic mass is 32.2. The van der Waals surface area contributed by atoms with Crippen LogP contribution < -0.4 is 15.6 Å². The fraction of sp³-hybridized carbons (Fsp3) is 0.212. The van der Waals surface area contributed by atoms with Crippen LogP contribution in [0.2, 0.25) is 0 Å². The first kappa shape index (κ1) is 29.7. The lowest BCUT2D eigenvalue weighted by atomic mass is 9.92. The molecule has 5 aromatic rings. The highest BCUT2D eigenvalue weighted by Crippen LogP contribution is 2.42. The number of benzene rings is 3. The molecule has 2 aromatic heterocycles. The number of aromatic nitrogens is 2. The van der Waals surface area contributed by atoms with Crippen molar-refractivity contribution in [3.63, 3.8) is 0 Å². The van der Waals surface area contributed by atoms with Crippen molar-refractivity contribution >= 4 is 28.2 Å². The summed E-state index contributed by atoms with van der Waals surface area (Å²) in [5.41, 5.74) is -0.758. The van der Waals surface area contributed by atoms with Crippen molar-refractivity contribution < 1.29 is 26.7 Å². The molecule has 0 saturated carbocycles. The Bertz CT molecular complexity index is 1950. The van der Waals surface area contributed by atoms with Gasteiger partial charge in [-0.05, 0) is 53.8 Å². The van der Waals surface area contributed by atoms with Crippen LogP contribution in [0.15, 0.2) is 82.9 Å². The molecule has 0 fully saturated rings. The van der Waals surface area contributed by atoms with Gasteiger partial charge in [-0.25, -0.2) is 8.78 Å². The van der Waals surface area contributed by atoms with Crippen molar-refractivity contribution in [2.75, 3.05) is 24.7 Å². The van der Waals surface area contributed by atoms with Gasteiger partial charge in [0.15, 0.2) is 11.6 Å². The summed E-state index contributed by atoms with van der Waals surface area (Å²) in [5.74, 6) is -1.44. The van der Waals surface area contributed by atoms with Crippen LogP contribution in [-0.4, -0.2) is 29.0 Å². The third kappa shape index (κ3) is 5.19. The van der Waals surface area contributed by atoms with E-state index in [-0.39, 0.29) is 22.4 Å². The number of methoxy groups -OCH3 is 1. The first-order chi connectivity index (χ1) is 21.1. The molecule has 1 aliphatic rings. The van der Waals surface area contributed by atoms with E-state index in [9.17, 15) is 18.0 Å². The van der Waals surface area contributed by atoms with E-state index < -0.39 is 47.0 Å². The van der Waals surface area contributed by atoms with Crippen molar-refractivity contribution in [2.24, 2.45) is 0 Å². The molecule has 1 unspecified atom stereocenters.